The van der Waals surface area contributed by atoms with Crippen LogP contribution in [0.5, 0.6) is 0 Å². The normalized spacial score (nSPS) is 41.8. The van der Waals surface area contributed by atoms with Gasteiger partial charge in [0.15, 0.2) is 0 Å². The van der Waals surface area contributed by atoms with Crippen LogP contribution in [0.2, 0.25) is 0 Å². The quantitative estimate of drug-likeness (QED) is 0.580. The molecule has 2 heterocycles. The summed E-state index contributed by atoms with van der Waals surface area (Å²) in [6.07, 6.45) is 4.13. The van der Waals surface area contributed by atoms with Crippen LogP contribution >= 0.6 is 11.8 Å². The van der Waals surface area contributed by atoms with Gasteiger partial charge in [-0.25, -0.2) is 0 Å². The van der Waals surface area contributed by atoms with Crippen LogP contribution in [0.25, 0.3) is 0 Å². The molecular weight excluding hydrogens is 172 g/mol. The molecule has 2 aliphatic rings. The highest BCUT2D eigenvalue weighted by molar-refractivity contribution is 7.99. The number of aldehydes is 1. The molecule has 0 aromatic heterocycles. The number of rotatable bonds is 1. The van der Waals surface area contributed by atoms with Gasteiger partial charge in [-0.05, 0) is 25.0 Å². The summed E-state index contributed by atoms with van der Waals surface area (Å²) in [5.41, 5.74) is 0.0779. The van der Waals surface area contributed by atoms with Crippen LogP contribution in [-0.4, -0.2) is 30.0 Å². The molecule has 12 heavy (non-hydrogen) atoms. The Morgan fingerprint density at radius 1 is 1.58 bits per heavy atom. The largest absolute Gasteiger partial charge is 0.374 e. The zero-order valence-electron chi connectivity index (χ0n) is 7.12. The van der Waals surface area contributed by atoms with Crippen molar-refractivity contribution in [1.82, 2.24) is 0 Å². The minimum Gasteiger partial charge on any atom is -0.374 e. The lowest BCUT2D eigenvalue weighted by Gasteiger charge is -2.35. The number of ether oxygens (including phenoxy) is 1. The molecule has 0 aliphatic carbocycles. The van der Waals surface area contributed by atoms with Crippen molar-refractivity contribution in [2.75, 3.05) is 18.1 Å². The number of thioether (sulfide) groups is 1. The van der Waals surface area contributed by atoms with Gasteiger partial charge in [-0.15, -0.1) is 0 Å². The van der Waals surface area contributed by atoms with E-state index < -0.39 is 0 Å². The molecule has 0 N–H and O–H groups in total. The second kappa shape index (κ2) is 3.38. The first-order chi connectivity index (χ1) is 5.85. The van der Waals surface area contributed by atoms with Gasteiger partial charge in [0.2, 0.25) is 0 Å². The van der Waals surface area contributed by atoms with Gasteiger partial charge in [-0.3, -0.25) is 0 Å². The van der Waals surface area contributed by atoms with Crippen molar-refractivity contribution in [3.8, 4) is 0 Å². The maximum Gasteiger partial charge on any atom is 0.123 e. The molecule has 0 aromatic rings. The van der Waals surface area contributed by atoms with Gasteiger partial charge >= 0.3 is 0 Å². The molecule has 2 saturated heterocycles. The molecule has 2 aliphatic heterocycles. The molecule has 0 amide bonds. The summed E-state index contributed by atoms with van der Waals surface area (Å²) in [5.74, 6) is 2.56. The Hall–Kier alpha value is -0.0200. The van der Waals surface area contributed by atoms with Crippen molar-refractivity contribution < 1.29 is 9.53 Å². The lowest BCUT2D eigenvalue weighted by atomic mass is 9.86. The first-order valence-electron chi connectivity index (χ1n) is 4.52. The third kappa shape index (κ3) is 1.52. The highest BCUT2D eigenvalue weighted by Gasteiger charge is 2.40. The molecule has 2 rings (SSSR count). The van der Waals surface area contributed by atoms with Gasteiger partial charge in [0.25, 0.3) is 0 Å². The number of hydrogen-bond acceptors (Lipinski definition) is 3. The molecule has 2 nitrogen and oxygen atoms in total. The highest BCUT2D eigenvalue weighted by Crippen LogP contribution is 2.39. The van der Waals surface area contributed by atoms with Crippen molar-refractivity contribution in [2.45, 2.75) is 24.9 Å². The fraction of sp³-hybridized carbons (Fsp3) is 0.889. The summed E-state index contributed by atoms with van der Waals surface area (Å²) in [5, 5.41) is 0. The van der Waals surface area contributed by atoms with Gasteiger partial charge < -0.3 is 9.53 Å². The average molecular weight is 186 g/mol. The Kier molecular flexibility index (Phi) is 2.42. The second-order valence-corrected chi connectivity index (χ2v) is 4.83. The molecule has 68 valence electrons. The summed E-state index contributed by atoms with van der Waals surface area (Å²) in [7, 11) is 0. The highest BCUT2D eigenvalue weighted by atomic mass is 32.2. The van der Waals surface area contributed by atoms with E-state index in [0.29, 0.717) is 0 Å². The molecule has 2 fully saturated rings. The zero-order chi connectivity index (χ0) is 8.44. The lowest BCUT2D eigenvalue weighted by molar-refractivity contribution is -0.122. The predicted octanol–water partition coefficient (Wildman–Crippen LogP) is 1.49. The first-order valence-corrected chi connectivity index (χ1v) is 5.67. The maximum atomic E-state index is 10.6. The van der Waals surface area contributed by atoms with E-state index in [1.807, 2.05) is 11.8 Å². The molecule has 1 spiro atoms. The van der Waals surface area contributed by atoms with Gasteiger partial charge in [-0.1, -0.05) is 0 Å². The second-order valence-electron chi connectivity index (χ2n) is 3.72. The van der Waals surface area contributed by atoms with Crippen molar-refractivity contribution in [3.63, 3.8) is 0 Å². The number of hydrogen-bond donors (Lipinski definition) is 0. The lowest BCUT2D eigenvalue weighted by Crippen LogP contribution is -2.40. The van der Waals surface area contributed by atoms with E-state index in [4.69, 9.17) is 4.74 Å². The Balaban J connectivity index is 2.01. The van der Waals surface area contributed by atoms with Crippen LogP contribution in [0, 0.1) is 5.92 Å². The maximum absolute atomic E-state index is 10.6. The Bertz CT molecular complexity index is 175. The van der Waals surface area contributed by atoms with Crippen LogP contribution in [0.1, 0.15) is 19.3 Å². The van der Waals surface area contributed by atoms with Crippen molar-refractivity contribution in [2.24, 2.45) is 5.92 Å². The first kappa shape index (κ1) is 8.57. The molecule has 2 unspecified atom stereocenters. The van der Waals surface area contributed by atoms with Crippen LogP contribution in [0.4, 0.5) is 0 Å². The number of carbonyl (C=O) groups is 1. The van der Waals surface area contributed by atoms with Crippen LogP contribution in [0.3, 0.4) is 0 Å². The van der Waals surface area contributed by atoms with Crippen molar-refractivity contribution >= 4 is 18.0 Å². The molecule has 0 bridgehead atoms. The van der Waals surface area contributed by atoms with Gasteiger partial charge in [0.1, 0.15) is 6.29 Å². The fourth-order valence-electron chi connectivity index (χ4n) is 2.05. The minimum absolute atomic E-state index is 0.0779. The molecule has 2 atom stereocenters. The van der Waals surface area contributed by atoms with Crippen LogP contribution in [0.15, 0.2) is 0 Å². The van der Waals surface area contributed by atoms with Gasteiger partial charge in [0.05, 0.1) is 5.60 Å². The van der Waals surface area contributed by atoms with E-state index in [-0.39, 0.29) is 11.5 Å². The minimum atomic E-state index is 0.0779. The van der Waals surface area contributed by atoms with Gasteiger partial charge in [0, 0.05) is 18.3 Å². The Labute approximate surface area is 77.0 Å². The van der Waals surface area contributed by atoms with E-state index in [9.17, 15) is 4.79 Å². The van der Waals surface area contributed by atoms with Crippen LogP contribution < -0.4 is 0 Å². The summed E-state index contributed by atoms with van der Waals surface area (Å²) < 4.78 is 5.78. The third-order valence-corrected chi connectivity index (χ3v) is 4.01. The number of carbonyl (C=O) groups excluding carboxylic acids is 1. The van der Waals surface area contributed by atoms with E-state index in [2.05, 4.69) is 0 Å². The molecule has 3 heteroatoms. The van der Waals surface area contributed by atoms with Crippen molar-refractivity contribution in [1.29, 1.82) is 0 Å². The summed E-state index contributed by atoms with van der Waals surface area (Å²) in [6.45, 7) is 0.782. The summed E-state index contributed by atoms with van der Waals surface area (Å²) >= 11 is 1.95. The van der Waals surface area contributed by atoms with E-state index in [1.54, 1.807) is 0 Å². The molecule has 0 radical (unpaired) electrons. The smallest absolute Gasteiger partial charge is 0.123 e. The predicted molar refractivity (Wildman–Crippen MR) is 49.4 cm³/mol. The summed E-state index contributed by atoms with van der Waals surface area (Å²) in [6, 6.07) is 0. The SMILES string of the molecule is O=CC1CCOC2(CCSC2)C1. The topological polar surface area (TPSA) is 26.3 Å². The van der Waals surface area contributed by atoms with Gasteiger partial charge in [-0.2, -0.15) is 11.8 Å². The zero-order valence-corrected chi connectivity index (χ0v) is 7.94. The molecule has 0 aromatic carbocycles. The molecular formula is C9H14O2S. The standard InChI is InChI=1S/C9H14O2S/c10-6-8-1-3-11-9(5-8)2-4-12-7-9/h6,8H,1-5,7H2. The average Bonchev–Trinajstić information content (AvgIpc) is 2.53. The van der Waals surface area contributed by atoms with Crippen molar-refractivity contribution in [3.05, 3.63) is 0 Å². The van der Waals surface area contributed by atoms with E-state index in [1.165, 1.54) is 5.75 Å². The fourth-order valence-corrected chi connectivity index (χ4v) is 3.42. The Morgan fingerprint density at radius 3 is 3.17 bits per heavy atom. The van der Waals surface area contributed by atoms with E-state index in [0.717, 1.165) is 37.9 Å². The third-order valence-electron chi connectivity index (χ3n) is 2.79. The monoisotopic (exact) mass is 186 g/mol. The van der Waals surface area contributed by atoms with Crippen LogP contribution in [-0.2, 0) is 9.53 Å². The summed E-state index contributed by atoms with van der Waals surface area (Å²) in [4.78, 5) is 10.6. The Morgan fingerprint density at radius 2 is 2.50 bits per heavy atom. The van der Waals surface area contributed by atoms with E-state index >= 15 is 0 Å². The molecule has 0 saturated carbocycles.